The molecule has 2 aromatic rings. The van der Waals surface area contributed by atoms with Crippen molar-refractivity contribution in [3.63, 3.8) is 0 Å². The van der Waals surface area contributed by atoms with E-state index in [1.54, 1.807) is 6.07 Å². The number of hydrogen-bond acceptors (Lipinski definition) is 1. The topological polar surface area (TPSA) is 26.0 Å². The molecule has 0 aliphatic heterocycles. The summed E-state index contributed by atoms with van der Waals surface area (Å²) in [6.45, 7) is 0.454. The van der Waals surface area contributed by atoms with Gasteiger partial charge < -0.3 is 5.73 Å². The lowest BCUT2D eigenvalue weighted by molar-refractivity contribution is 0.589. The molecule has 0 aliphatic rings. The molecule has 0 radical (unpaired) electrons. The number of rotatable bonds is 4. The molecule has 0 amide bonds. The Bertz CT molecular complexity index is 574. The predicted molar refractivity (Wildman–Crippen MR) is 81.1 cm³/mol. The number of nitrogens with two attached hydrogens (primary N) is 1. The number of halogens is 3. The van der Waals surface area contributed by atoms with Crippen molar-refractivity contribution < 1.29 is 4.39 Å². The molecule has 100 valence electrons. The fourth-order valence-electron chi connectivity index (χ4n) is 2.05. The van der Waals surface area contributed by atoms with Crippen molar-refractivity contribution in [1.82, 2.24) is 0 Å². The van der Waals surface area contributed by atoms with Crippen LogP contribution in [0.3, 0.4) is 0 Å². The molecular weight excluding hydrogens is 329 g/mol. The van der Waals surface area contributed by atoms with Crippen molar-refractivity contribution >= 4 is 27.5 Å². The van der Waals surface area contributed by atoms with Gasteiger partial charge in [0.25, 0.3) is 0 Å². The van der Waals surface area contributed by atoms with Crippen molar-refractivity contribution in [2.45, 2.75) is 12.3 Å². The highest BCUT2D eigenvalue weighted by Crippen LogP contribution is 2.25. The van der Waals surface area contributed by atoms with Gasteiger partial charge in [0.2, 0.25) is 0 Å². The van der Waals surface area contributed by atoms with Crippen molar-refractivity contribution in [3.05, 3.63) is 68.9 Å². The first-order valence-electron chi connectivity index (χ1n) is 5.99. The fourth-order valence-corrected chi connectivity index (χ4v) is 2.58. The first-order valence-corrected chi connectivity index (χ1v) is 7.16. The Morgan fingerprint density at radius 1 is 1.21 bits per heavy atom. The van der Waals surface area contributed by atoms with E-state index in [2.05, 4.69) is 15.9 Å². The van der Waals surface area contributed by atoms with Crippen LogP contribution in [0.1, 0.15) is 17.0 Å². The molecule has 0 aliphatic carbocycles. The molecule has 1 nitrogen and oxygen atoms in total. The highest BCUT2D eigenvalue weighted by Gasteiger charge is 2.13. The van der Waals surface area contributed by atoms with Crippen LogP contribution in [-0.4, -0.2) is 6.54 Å². The molecular formula is C15H14BrClFN. The molecule has 2 aromatic carbocycles. The Balaban J connectivity index is 2.24. The maximum absolute atomic E-state index is 13.8. The Hall–Kier alpha value is -0.900. The molecule has 0 bridgehead atoms. The zero-order chi connectivity index (χ0) is 13.8. The molecule has 1 atom stereocenters. The van der Waals surface area contributed by atoms with E-state index in [1.165, 1.54) is 6.07 Å². The lowest BCUT2D eigenvalue weighted by Crippen LogP contribution is -2.15. The summed E-state index contributed by atoms with van der Waals surface area (Å²) in [6, 6.07) is 12.7. The summed E-state index contributed by atoms with van der Waals surface area (Å²) in [5.41, 5.74) is 7.51. The van der Waals surface area contributed by atoms with Crippen LogP contribution in [-0.2, 0) is 6.42 Å². The van der Waals surface area contributed by atoms with Crippen LogP contribution in [0, 0.1) is 5.82 Å². The first-order chi connectivity index (χ1) is 9.10. The molecule has 0 heterocycles. The average molecular weight is 343 g/mol. The van der Waals surface area contributed by atoms with Crippen LogP contribution >= 0.6 is 27.5 Å². The fraction of sp³-hybridized carbons (Fsp3) is 0.200. The van der Waals surface area contributed by atoms with E-state index in [9.17, 15) is 4.39 Å². The highest BCUT2D eigenvalue weighted by molar-refractivity contribution is 9.10. The van der Waals surface area contributed by atoms with E-state index in [-0.39, 0.29) is 11.7 Å². The van der Waals surface area contributed by atoms with E-state index < -0.39 is 0 Å². The molecule has 0 aromatic heterocycles. The SMILES string of the molecule is NCC(Cc1ccc(Br)cc1F)c1cccc(Cl)c1. The molecule has 4 heteroatoms. The molecule has 0 spiro atoms. The van der Waals surface area contributed by atoms with Gasteiger partial charge in [-0.15, -0.1) is 0 Å². The minimum absolute atomic E-state index is 0.0642. The van der Waals surface area contributed by atoms with Gasteiger partial charge in [-0.1, -0.05) is 45.7 Å². The van der Waals surface area contributed by atoms with Gasteiger partial charge in [-0.05, 0) is 48.4 Å². The summed E-state index contributed by atoms with van der Waals surface area (Å²) >= 11 is 9.23. The van der Waals surface area contributed by atoms with E-state index in [1.807, 2.05) is 30.3 Å². The Labute approximate surface area is 125 Å². The monoisotopic (exact) mass is 341 g/mol. The summed E-state index contributed by atoms with van der Waals surface area (Å²) in [7, 11) is 0. The predicted octanol–water partition coefficient (Wildman–Crippen LogP) is 4.53. The van der Waals surface area contributed by atoms with Gasteiger partial charge in [-0.2, -0.15) is 0 Å². The molecule has 0 saturated carbocycles. The van der Waals surface area contributed by atoms with Gasteiger partial charge in [0.05, 0.1) is 0 Å². The summed E-state index contributed by atoms with van der Waals surface area (Å²) in [4.78, 5) is 0. The maximum atomic E-state index is 13.8. The minimum Gasteiger partial charge on any atom is -0.330 e. The van der Waals surface area contributed by atoms with Crippen LogP contribution in [0.15, 0.2) is 46.9 Å². The number of benzene rings is 2. The zero-order valence-electron chi connectivity index (χ0n) is 10.2. The Morgan fingerprint density at radius 2 is 2.00 bits per heavy atom. The third kappa shape index (κ3) is 3.78. The van der Waals surface area contributed by atoms with E-state index in [0.29, 0.717) is 23.6 Å². The van der Waals surface area contributed by atoms with Crippen LogP contribution in [0.5, 0.6) is 0 Å². The molecule has 2 rings (SSSR count). The Morgan fingerprint density at radius 3 is 2.63 bits per heavy atom. The van der Waals surface area contributed by atoms with Gasteiger partial charge in [0, 0.05) is 15.4 Å². The minimum atomic E-state index is -0.213. The maximum Gasteiger partial charge on any atom is 0.127 e. The van der Waals surface area contributed by atoms with Crippen LogP contribution in [0.25, 0.3) is 0 Å². The first kappa shape index (κ1) is 14.5. The van der Waals surface area contributed by atoms with Crippen molar-refractivity contribution in [3.8, 4) is 0 Å². The molecule has 1 unspecified atom stereocenters. The molecule has 19 heavy (non-hydrogen) atoms. The lowest BCUT2D eigenvalue weighted by Gasteiger charge is -2.16. The average Bonchev–Trinajstić information content (AvgIpc) is 2.38. The second kappa shape index (κ2) is 6.51. The van der Waals surface area contributed by atoms with Crippen molar-refractivity contribution in [2.24, 2.45) is 5.73 Å². The molecule has 0 saturated heterocycles. The van der Waals surface area contributed by atoms with E-state index >= 15 is 0 Å². The van der Waals surface area contributed by atoms with Crippen molar-refractivity contribution in [1.29, 1.82) is 0 Å². The third-order valence-electron chi connectivity index (χ3n) is 3.09. The van der Waals surface area contributed by atoms with E-state index in [4.69, 9.17) is 17.3 Å². The Kier molecular flexibility index (Phi) is 4.97. The quantitative estimate of drug-likeness (QED) is 0.868. The van der Waals surface area contributed by atoms with Crippen LogP contribution in [0.4, 0.5) is 4.39 Å². The summed E-state index contributed by atoms with van der Waals surface area (Å²) in [5.74, 6) is -0.149. The number of hydrogen-bond donors (Lipinski definition) is 1. The smallest absolute Gasteiger partial charge is 0.127 e. The third-order valence-corrected chi connectivity index (χ3v) is 3.81. The standard InChI is InChI=1S/C15H14BrClFN/c16-13-5-4-11(15(18)8-13)6-12(9-19)10-2-1-3-14(17)7-10/h1-5,7-8,12H,6,9,19H2. The largest absolute Gasteiger partial charge is 0.330 e. The summed E-state index contributed by atoms with van der Waals surface area (Å²) in [6.07, 6.45) is 0.565. The molecule has 2 N–H and O–H groups in total. The lowest BCUT2D eigenvalue weighted by atomic mass is 9.92. The van der Waals surface area contributed by atoms with Crippen LogP contribution < -0.4 is 5.73 Å². The van der Waals surface area contributed by atoms with Gasteiger partial charge in [-0.25, -0.2) is 4.39 Å². The zero-order valence-corrected chi connectivity index (χ0v) is 12.6. The van der Waals surface area contributed by atoms with Gasteiger partial charge in [0.1, 0.15) is 5.82 Å². The molecule has 0 fully saturated rings. The van der Waals surface area contributed by atoms with E-state index in [0.717, 1.165) is 10.0 Å². The second-order valence-electron chi connectivity index (χ2n) is 4.43. The van der Waals surface area contributed by atoms with Crippen LogP contribution in [0.2, 0.25) is 5.02 Å². The highest BCUT2D eigenvalue weighted by atomic mass is 79.9. The second-order valence-corrected chi connectivity index (χ2v) is 5.78. The van der Waals surface area contributed by atoms with Gasteiger partial charge in [-0.3, -0.25) is 0 Å². The summed E-state index contributed by atoms with van der Waals surface area (Å²) in [5, 5.41) is 0.673. The normalized spacial score (nSPS) is 12.4. The summed E-state index contributed by atoms with van der Waals surface area (Å²) < 4.78 is 14.6. The van der Waals surface area contributed by atoms with Crippen molar-refractivity contribution in [2.75, 3.05) is 6.54 Å². The van der Waals surface area contributed by atoms with Gasteiger partial charge >= 0.3 is 0 Å². The van der Waals surface area contributed by atoms with Gasteiger partial charge in [0.15, 0.2) is 0 Å².